The number of carbonyl (C=O) groups is 1. The van der Waals surface area contributed by atoms with Gasteiger partial charge < -0.3 is 14.8 Å². The van der Waals surface area contributed by atoms with E-state index in [1.54, 1.807) is 6.20 Å². The number of nitrogens with one attached hydrogen (secondary N) is 1. The quantitative estimate of drug-likeness (QED) is 0.411. The molecule has 34 heavy (non-hydrogen) atoms. The van der Waals surface area contributed by atoms with Gasteiger partial charge in [0.05, 0.1) is 0 Å². The van der Waals surface area contributed by atoms with Crippen molar-refractivity contribution in [2.75, 3.05) is 26.2 Å². The summed E-state index contributed by atoms with van der Waals surface area (Å²) in [5, 5.41) is 18.8. The van der Waals surface area contributed by atoms with Crippen molar-refractivity contribution in [2.45, 2.75) is 26.1 Å². The minimum atomic E-state index is -0.860. The minimum absolute atomic E-state index is 0.455. The lowest BCUT2D eigenvalue weighted by Gasteiger charge is -2.37. The molecule has 9 nitrogen and oxygen atoms in total. The van der Waals surface area contributed by atoms with E-state index in [4.69, 9.17) is 9.37 Å². The number of hydrogen-bond donors (Lipinski definition) is 2. The van der Waals surface area contributed by atoms with Crippen molar-refractivity contribution in [3.63, 3.8) is 0 Å². The van der Waals surface area contributed by atoms with Crippen molar-refractivity contribution in [1.82, 2.24) is 25.1 Å². The number of aromatic amines is 1. The molecule has 5 rings (SSSR count). The molecule has 3 heterocycles. The summed E-state index contributed by atoms with van der Waals surface area (Å²) in [6.07, 6.45) is 1.81. The molecular formula is C25H27N5O4. The number of hydrogen-bond acceptors (Lipinski definition) is 7. The molecule has 9 heteroatoms. The van der Waals surface area contributed by atoms with Crippen LogP contribution in [0.3, 0.4) is 0 Å². The van der Waals surface area contributed by atoms with Crippen LogP contribution in [0.15, 0.2) is 59.4 Å². The number of piperazine rings is 1. The van der Waals surface area contributed by atoms with Gasteiger partial charge >= 0.3 is 5.97 Å². The Morgan fingerprint density at radius 2 is 1.94 bits per heavy atom. The number of fused-ring (bicyclic) bond motifs is 1. The highest BCUT2D eigenvalue weighted by molar-refractivity contribution is 5.90. The number of benzene rings is 2. The molecule has 1 atom stereocenters. The van der Waals surface area contributed by atoms with E-state index in [0.717, 1.165) is 46.5 Å². The summed E-state index contributed by atoms with van der Waals surface area (Å²) in [6, 6.07) is 15.0. The average molecular weight is 462 g/mol. The summed E-state index contributed by atoms with van der Waals surface area (Å²) in [5.74, 6) is -0.149. The first kappa shape index (κ1) is 22.1. The summed E-state index contributed by atoms with van der Waals surface area (Å²) < 4.78 is 10.8. The monoisotopic (exact) mass is 461 g/mol. The van der Waals surface area contributed by atoms with Crippen LogP contribution in [0.25, 0.3) is 10.9 Å². The lowest BCUT2D eigenvalue weighted by Crippen LogP contribution is -2.48. The predicted octanol–water partition coefficient (Wildman–Crippen LogP) is 3.38. The highest BCUT2D eigenvalue weighted by atomic mass is 16.6. The number of nitrogens with zero attached hydrogens (tertiary/aromatic N) is 4. The molecule has 0 amide bonds. The molecule has 1 aliphatic rings. The number of carboxylic acids is 1. The van der Waals surface area contributed by atoms with Gasteiger partial charge in [0.2, 0.25) is 0 Å². The number of aromatic nitrogens is 3. The van der Waals surface area contributed by atoms with Crippen LogP contribution in [0, 0.1) is 6.92 Å². The van der Waals surface area contributed by atoms with Crippen molar-refractivity contribution in [3.8, 4) is 5.75 Å². The summed E-state index contributed by atoms with van der Waals surface area (Å²) in [6.45, 7) is 5.73. The van der Waals surface area contributed by atoms with Crippen LogP contribution in [-0.4, -0.2) is 62.4 Å². The van der Waals surface area contributed by atoms with Crippen LogP contribution in [0.2, 0.25) is 0 Å². The highest BCUT2D eigenvalue weighted by Gasteiger charge is 2.32. The van der Waals surface area contributed by atoms with Crippen LogP contribution in [0.4, 0.5) is 0 Å². The second-order valence-electron chi connectivity index (χ2n) is 8.57. The molecular weight excluding hydrogens is 434 g/mol. The van der Waals surface area contributed by atoms with Crippen LogP contribution in [0.5, 0.6) is 5.75 Å². The number of aryl methyl sites for hydroxylation is 1. The van der Waals surface area contributed by atoms with Crippen molar-refractivity contribution < 1.29 is 19.3 Å². The van der Waals surface area contributed by atoms with Crippen molar-refractivity contribution in [2.24, 2.45) is 0 Å². The van der Waals surface area contributed by atoms with E-state index in [9.17, 15) is 9.90 Å². The van der Waals surface area contributed by atoms with Gasteiger partial charge in [-0.15, -0.1) is 0 Å². The highest BCUT2D eigenvalue weighted by Crippen LogP contribution is 2.32. The lowest BCUT2D eigenvalue weighted by atomic mass is 10.0. The molecule has 4 aromatic rings. The SMILES string of the molecule is Cc1nonc1CN1CCN(C(C(=O)O)c2c[nH]c3ccc(OCc4ccccc4)cc23)CC1. The molecule has 2 aromatic carbocycles. The molecule has 0 aliphatic carbocycles. The van der Waals surface area contributed by atoms with Gasteiger partial charge in [-0.1, -0.05) is 40.6 Å². The second kappa shape index (κ2) is 9.66. The first-order chi connectivity index (χ1) is 16.6. The molecule has 1 saturated heterocycles. The molecule has 1 unspecified atom stereocenters. The zero-order valence-corrected chi connectivity index (χ0v) is 19.0. The van der Waals surface area contributed by atoms with Gasteiger partial charge in [-0.3, -0.25) is 14.6 Å². The maximum atomic E-state index is 12.4. The first-order valence-electron chi connectivity index (χ1n) is 11.3. The summed E-state index contributed by atoms with van der Waals surface area (Å²) in [5.41, 5.74) is 4.33. The van der Waals surface area contributed by atoms with Gasteiger partial charge in [-0.25, -0.2) is 4.63 Å². The van der Waals surface area contributed by atoms with Crippen molar-refractivity contribution >= 4 is 16.9 Å². The van der Waals surface area contributed by atoms with Gasteiger partial charge in [-0.2, -0.15) is 0 Å². The number of ether oxygens (including phenoxy) is 1. The number of aliphatic carboxylic acids is 1. The predicted molar refractivity (Wildman–Crippen MR) is 125 cm³/mol. The Kier molecular flexibility index (Phi) is 6.29. The zero-order chi connectivity index (χ0) is 23.5. The Balaban J connectivity index is 1.31. The van der Waals surface area contributed by atoms with E-state index in [1.165, 1.54) is 0 Å². The van der Waals surface area contributed by atoms with Gasteiger partial charge in [0.1, 0.15) is 29.8 Å². The van der Waals surface area contributed by atoms with Crippen molar-refractivity contribution in [3.05, 3.63) is 77.2 Å². The average Bonchev–Trinajstić information content (AvgIpc) is 3.45. The Morgan fingerprint density at radius 3 is 2.65 bits per heavy atom. The van der Waals surface area contributed by atoms with Crippen LogP contribution >= 0.6 is 0 Å². The zero-order valence-electron chi connectivity index (χ0n) is 19.0. The fourth-order valence-electron chi connectivity index (χ4n) is 4.45. The van der Waals surface area contributed by atoms with Gasteiger partial charge in [0, 0.05) is 55.4 Å². The third-order valence-corrected chi connectivity index (χ3v) is 6.35. The van der Waals surface area contributed by atoms with E-state index < -0.39 is 12.0 Å². The molecule has 0 saturated carbocycles. The molecule has 0 bridgehead atoms. The Morgan fingerprint density at radius 1 is 1.15 bits per heavy atom. The number of H-pyrrole nitrogens is 1. The van der Waals surface area contributed by atoms with E-state index in [1.807, 2.05) is 60.4 Å². The fourth-order valence-corrected chi connectivity index (χ4v) is 4.45. The van der Waals surface area contributed by atoms with Crippen LogP contribution in [0.1, 0.15) is 28.6 Å². The van der Waals surface area contributed by atoms with Crippen LogP contribution < -0.4 is 4.74 Å². The topological polar surface area (TPSA) is 108 Å². The molecule has 176 valence electrons. The van der Waals surface area contributed by atoms with Crippen molar-refractivity contribution in [1.29, 1.82) is 0 Å². The standard InChI is InChI=1S/C25H27N5O4/c1-17-23(28-34-27-17)15-29-9-11-30(12-10-29)24(25(31)32)21-14-26-22-8-7-19(13-20(21)22)33-16-18-5-3-2-4-6-18/h2-8,13-14,24,26H,9-12,15-16H2,1H3,(H,31,32). The second-order valence-corrected chi connectivity index (χ2v) is 8.57. The van der Waals surface area contributed by atoms with Gasteiger partial charge in [0.15, 0.2) is 0 Å². The molecule has 2 N–H and O–H groups in total. The molecule has 2 aromatic heterocycles. The first-order valence-corrected chi connectivity index (χ1v) is 11.3. The summed E-state index contributed by atoms with van der Waals surface area (Å²) >= 11 is 0. The fraction of sp³-hybridized carbons (Fsp3) is 0.320. The largest absolute Gasteiger partial charge is 0.489 e. The normalized spacial score (nSPS) is 16.0. The maximum Gasteiger partial charge on any atom is 0.325 e. The van der Waals surface area contributed by atoms with E-state index in [0.29, 0.717) is 32.0 Å². The van der Waals surface area contributed by atoms with Gasteiger partial charge in [0.25, 0.3) is 0 Å². The van der Waals surface area contributed by atoms with E-state index in [2.05, 4.69) is 20.2 Å². The van der Waals surface area contributed by atoms with E-state index in [-0.39, 0.29) is 0 Å². The van der Waals surface area contributed by atoms with Gasteiger partial charge in [-0.05, 0) is 30.7 Å². The Labute approximate surface area is 196 Å². The lowest BCUT2D eigenvalue weighted by molar-refractivity contribution is -0.144. The molecule has 0 radical (unpaired) electrons. The molecule has 0 spiro atoms. The number of rotatable bonds is 8. The van der Waals surface area contributed by atoms with E-state index >= 15 is 0 Å². The summed E-state index contributed by atoms with van der Waals surface area (Å²) in [7, 11) is 0. The summed E-state index contributed by atoms with van der Waals surface area (Å²) in [4.78, 5) is 19.9. The molecule has 1 aliphatic heterocycles. The number of carboxylic acid groups (broad SMARTS) is 1. The third kappa shape index (κ3) is 4.66. The van der Waals surface area contributed by atoms with Crippen LogP contribution in [-0.2, 0) is 17.9 Å². The molecule has 1 fully saturated rings. The Hall–Kier alpha value is -3.69. The Bertz CT molecular complexity index is 1260. The minimum Gasteiger partial charge on any atom is -0.489 e. The third-order valence-electron chi connectivity index (χ3n) is 6.35. The maximum absolute atomic E-state index is 12.4. The smallest absolute Gasteiger partial charge is 0.325 e.